The lowest BCUT2D eigenvalue weighted by molar-refractivity contribution is 0.205. The number of carbonyl (C=O) groups excluding carboxylic acids is 1. The van der Waals surface area contributed by atoms with Crippen LogP contribution in [-0.2, 0) is 0 Å². The van der Waals surface area contributed by atoms with Crippen molar-refractivity contribution in [2.45, 2.75) is 32.0 Å². The van der Waals surface area contributed by atoms with Crippen molar-refractivity contribution in [2.24, 2.45) is 10.9 Å². The van der Waals surface area contributed by atoms with Crippen LogP contribution in [0, 0.1) is 5.92 Å². The van der Waals surface area contributed by atoms with E-state index in [-0.39, 0.29) is 30.1 Å². The molecule has 4 atom stereocenters. The van der Waals surface area contributed by atoms with Gasteiger partial charge in [-0.25, -0.2) is 4.79 Å². The summed E-state index contributed by atoms with van der Waals surface area (Å²) in [7, 11) is 1.88. The van der Waals surface area contributed by atoms with Gasteiger partial charge in [0.2, 0.25) is 0 Å². The van der Waals surface area contributed by atoms with E-state index in [1.54, 1.807) is 0 Å². The molecular weight excluding hydrogens is 310 g/mol. The van der Waals surface area contributed by atoms with Crippen molar-refractivity contribution in [3.05, 3.63) is 71.8 Å². The summed E-state index contributed by atoms with van der Waals surface area (Å²) in [5, 5.41) is 0. The molecule has 2 aliphatic heterocycles. The van der Waals surface area contributed by atoms with Gasteiger partial charge in [0.05, 0.1) is 18.1 Å². The molecule has 4 nitrogen and oxygen atoms in total. The molecule has 1 fully saturated rings. The second kappa shape index (κ2) is 6.03. The molecule has 0 aromatic heterocycles. The van der Waals surface area contributed by atoms with Crippen molar-refractivity contribution < 1.29 is 4.79 Å². The molecule has 0 radical (unpaired) electrons. The van der Waals surface area contributed by atoms with Crippen LogP contribution in [0.15, 0.2) is 65.7 Å². The molecule has 2 aromatic carbocycles. The van der Waals surface area contributed by atoms with E-state index < -0.39 is 0 Å². The highest BCUT2D eigenvalue weighted by atomic mass is 16.2. The first-order valence-corrected chi connectivity index (χ1v) is 8.83. The monoisotopic (exact) mass is 333 g/mol. The van der Waals surface area contributed by atoms with Gasteiger partial charge in [0, 0.05) is 13.0 Å². The molecule has 2 aromatic rings. The highest BCUT2D eigenvalue weighted by Gasteiger charge is 2.49. The van der Waals surface area contributed by atoms with E-state index >= 15 is 0 Å². The molecule has 128 valence electrons. The minimum atomic E-state index is 0.0108. The van der Waals surface area contributed by atoms with Crippen LogP contribution in [0.2, 0.25) is 0 Å². The van der Waals surface area contributed by atoms with Crippen LogP contribution >= 0.6 is 0 Å². The topological polar surface area (TPSA) is 35.9 Å². The molecule has 0 N–H and O–H groups in total. The molecule has 4 rings (SSSR count). The molecule has 0 saturated carbocycles. The van der Waals surface area contributed by atoms with Crippen molar-refractivity contribution in [2.75, 3.05) is 7.05 Å². The summed E-state index contributed by atoms with van der Waals surface area (Å²) in [5.41, 5.74) is 2.37. The van der Waals surface area contributed by atoms with E-state index in [2.05, 4.69) is 38.1 Å². The molecule has 4 heteroatoms. The van der Waals surface area contributed by atoms with Crippen LogP contribution < -0.4 is 0 Å². The molecule has 0 spiro atoms. The van der Waals surface area contributed by atoms with Gasteiger partial charge in [0.15, 0.2) is 0 Å². The smallest absolute Gasteiger partial charge is 0.322 e. The number of nitrogens with zero attached hydrogens (tertiary/aromatic N) is 3. The Labute approximate surface area is 148 Å². The highest BCUT2D eigenvalue weighted by molar-refractivity contribution is 6.03. The second-order valence-corrected chi connectivity index (χ2v) is 6.99. The van der Waals surface area contributed by atoms with Crippen LogP contribution in [0.4, 0.5) is 4.79 Å². The number of aliphatic imine (C=N–C) groups is 1. The number of hydrogen-bond acceptors (Lipinski definition) is 2. The number of amides is 2. The summed E-state index contributed by atoms with van der Waals surface area (Å²) in [6.45, 7) is 4.27. The third kappa shape index (κ3) is 2.44. The first-order valence-electron chi connectivity index (χ1n) is 8.83. The molecule has 2 heterocycles. The van der Waals surface area contributed by atoms with Gasteiger partial charge in [-0.05, 0) is 18.1 Å². The minimum absolute atomic E-state index is 0.0108. The van der Waals surface area contributed by atoms with Crippen LogP contribution in [-0.4, -0.2) is 34.8 Å². The Morgan fingerprint density at radius 3 is 2.00 bits per heavy atom. The lowest BCUT2D eigenvalue weighted by Crippen LogP contribution is -2.46. The van der Waals surface area contributed by atoms with Crippen molar-refractivity contribution in [1.29, 1.82) is 0 Å². The fourth-order valence-corrected chi connectivity index (χ4v) is 3.93. The standard InChI is InChI=1S/C21H23N3O/c1-14-18(16-10-6-4-7-11-16)22-20(14)24-19(15(2)23(3)21(24)25)17-12-8-5-9-13-17/h4-15,18-19H,1-3H3/t14-,15-,18+,19-/m0/s1. The molecule has 25 heavy (non-hydrogen) atoms. The Hall–Kier alpha value is -2.62. The first kappa shape index (κ1) is 15.9. The van der Waals surface area contributed by atoms with Crippen LogP contribution in [0.1, 0.15) is 37.1 Å². The Balaban J connectivity index is 1.69. The Bertz CT molecular complexity index is 802. The largest absolute Gasteiger partial charge is 0.326 e. The fraction of sp³-hybridized carbons (Fsp3) is 0.333. The van der Waals surface area contributed by atoms with E-state index in [1.807, 2.05) is 53.2 Å². The summed E-state index contributed by atoms with van der Waals surface area (Å²) in [6.07, 6.45) is 0. The molecule has 0 bridgehead atoms. The van der Waals surface area contributed by atoms with E-state index in [0.29, 0.717) is 0 Å². The zero-order valence-electron chi connectivity index (χ0n) is 14.8. The summed E-state index contributed by atoms with van der Waals surface area (Å²) < 4.78 is 0. The van der Waals surface area contributed by atoms with E-state index in [1.165, 1.54) is 5.56 Å². The van der Waals surface area contributed by atoms with E-state index in [9.17, 15) is 4.79 Å². The van der Waals surface area contributed by atoms with Crippen molar-refractivity contribution >= 4 is 11.9 Å². The van der Waals surface area contributed by atoms with Gasteiger partial charge in [-0.3, -0.25) is 9.89 Å². The van der Waals surface area contributed by atoms with Gasteiger partial charge in [0.1, 0.15) is 5.84 Å². The number of likely N-dealkylation sites (N-methyl/N-ethyl adjacent to an activating group) is 1. The van der Waals surface area contributed by atoms with Crippen molar-refractivity contribution in [1.82, 2.24) is 9.80 Å². The summed E-state index contributed by atoms with van der Waals surface area (Å²) in [5.74, 6) is 1.14. The van der Waals surface area contributed by atoms with E-state index in [4.69, 9.17) is 4.99 Å². The summed E-state index contributed by atoms with van der Waals surface area (Å²) >= 11 is 0. The van der Waals surface area contributed by atoms with Gasteiger partial charge >= 0.3 is 6.03 Å². The number of benzene rings is 2. The predicted molar refractivity (Wildman–Crippen MR) is 99.4 cm³/mol. The average Bonchev–Trinajstić information content (AvgIpc) is 2.86. The molecule has 2 aliphatic rings. The maximum Gasteiger partial charge on any atom is 0.326 e. The van der Waals surface area contributed by atoms with Gasteiger partial charge < -0.3 is 4.90 Å². The predicted octanol–water partition coefficient (Wildman–Crippen LogP) is 4.27. The normalized spacial score (nSPS) is 28.8. The van der Waals surface area contributed by atoms with Crippen LogP contribution in [0.25, 0.3) is 0 Å². The molecular formula is C21H23N3O. The quantitative estimate of drug-likeness (QED) is 0.808. The zero-order chi connectivity index (χ0) is 17.6. The SMILES string of the molecule is C[C@@H]1C(N2C(=O)N(C)[C@@H](C)[C@H]2c2ccccc2)=N[C@H]1c1ccccc1. The first-order chi connectivity index (χ1) is 12.1. The lowest BCUT2D eigenvalue weighted by atomic mass is 9.87. The Morgan fingerprint density at radius 1 is 0.880 bits per heavy atom. The lowest BCUT2D eigenvalue weighted by Gasteiger charge is -2.39. The van der Waals surface area contributed by atoms with Crippen molar-refractivity contribution in [3.63, 3.8) is 0 Å². The summed E-state index contributed by atoms with van der Waals surface area (Å²) in [6, 6.07) is 20.9. The third-order valence-electron chi connectivity index (χ3n) is 5.54. The average molecular weight is 333 g/mol. The van der Waals surface area contributed by atoms with Crippen LogP contribution in [0.3, 0.4) is 0 Å². The maximum absolute atomic E-state index is 12.9. The van der Waals surface area contributed by atoms with Gasteiger partial charge in [-0.2, -0.15) is 0 Å². The van der Waals surface area contributed by atoms with Gasteiger partial charge in [0.25, 0.3) is 0 Å². The number of amidine groups is 1. The molecule has 0 unspecified atom stereocenters. The minimum Gasteiger partial charge on any atom is -0.322 e. The zero-order valence-corrected chi connectivity index (χ0v) is 14.8. The maximum atomic E-state index is 12.9. The molecule has 0 aliphatic carbocycles. The third-order valence-corrected chi connectivity index (χ3v) is 5.54. The van der Waals surface area contributed by atoms with Gasteiger partial charge in [-0.15, -0.1) is 0 Å². The number of rotatable bonds is 2. The number of urea groups is 1. The molecule has 2 amide bonds. The summed E-state index contributed by atoms with van der Waals surface area (Å²) in [4.78, 5) is 21.5. The number of carbonyl (C=O) groups is 1. The van der Waals surface area contributed by atoms with E-state index in [0.717, 1.165) is 11.4 Å². The Kier molecular flexibility index (Phi) is 3.83. The highest BCUT2D eigenvalue weighted by Crippen LogP contribution is 2.43. The fourth-order valence-electron chi connectivity index (χ4n) is 3.93. The second-order valence-electron chi connectivity index (χ2n) is 6.99. The number of hydrogen-bond donors (Lipinski definition) is 0. The van der Waals surface area contributed by atoms with Crippen molar-refractivity contribution in [3.8, 4) is 0 Å². The van der Waals surface area contributed by atoms with Gasteiger partial charge in [-0.1, -0.05) is 67.6 Å². The Morgan fingerprint density at radius 2 is 1.44 bits per heavy atom. The van der Waals surface area contributed by atoms with Crippen LogP contribution in [0.5, 0.6) is 0 Å². The molecule has 1 saturated heterocycles.